The standard InChI is InChI=1S/C11H18Br2/c1-10(12)8-6-4-3-5-7-9-11(2)13/h1-9H2. The minimum atomic E-state index is 1.12. The minimum absolute atomic E-state index is 1.12. The van der Waals surface area contributed by atoms with Crippen molar-refractivity contribution in [1.82, 2.24) is 0 Å². The van der Waals surface area contributed by atoms with E-state index in [4.69, 9.17) is 0 Å². The zero-order valence-electron chi connectivity index (χ0n) is 8.12. The molecule has 0 aliphatic rings. The summed E-state index contributed by atoms with van der Waals surface area (Å²) in [5.41, 5.74) is 0. The second-order valence-electron chi connectivity index (χ2n) is 3.30. The van der Waals surface area contributed by atoms with Crippen LogP contribution in [0.3, 0.4) is 0 Å². The van der Waals surface area contributed by atoms with Crippen LogP contribution in [0, 0.1) is 0 Å². The number of unbranched alkanes of at least 4 members (excludes halogenated alkanes) is 4. The van der Waals surface area contributed by atoms with Crippen LogP contribution < -0.4 is 0 Å². The van der Waals surface area contributed by atoms with Crippen LogP contribution in [0.4, 0.5) is 0 Å². The first kappa shape index (κ1) is 13.4. The number of rotatable bonds is 8. The van der Waals surface area contributed by atoms with Crippen molar-refractivity contribution in [3.05, 3.63) is 22.1 Å². The Morgan fingerprint density at radius 2 is 1.00 bits per heavy atom. The number of hydrogen-bond donors (Lipinski definition) is 0. The fourth-order valence-corrected chi connectivity index (χ4v) is 1.72. The molecule has 0 bridgehead atoms. The van der Waals surface area contributed by atoms with Gasteiger partial charge in [-0.3, -0.25) is 0 Å². The molecular weight excluding hydrogens is 292 g/mol. The summed E-state index contributed by atoms with van der Waals surface area (Å²) in [6.07, 6.45) is 8.73. The molecule has 0 saturated heterocycles. The van der Waals surface area contributed by atoms with Gasteiger partial charge in [0.25, 0.3) is 0 Å². The number of halogens is 2. The van der Waals surface area contributed by atoms with Gasteiger partial charge in [-0.2, -0.15) is 0 Å². The van der Waals surface area contributed by atoms with Crippen LogP contribution in [0.2, 0.25) is 0 Å². The maximum Gasteiger partial charge on any atom is -0.0121 e. The van der Waals surface area contributed by atoms with Gasteiger partial charge in [-0.1, -0.05) is 64.3 Å². The first-order valence-electron chi connectivity index (χ1n) is 4.79. The average molecular weight is 310 g/mol. The molecule has 2 heteroatoms. The molecule has 0 radical (unpaired) electrons. The molecule has 0 nitrogen and oxygen atoms in total. The summed E-state index contributed by atoms with van der Waals surface area (Å²) in [5, 5.41) is 0. The van der Waals surface area contributed by atoms with Crippen molar-refractivity contribution < 1.29 is 0 Å². The van der Waals surface area contributed by atoms with Gasteiger partial charge in [-0.15, -0.1) is 0 Å². The second kappa shape index (κ2) is 9.01. The molecule has 0 aliphatic heterocycles. The Morgan fingerprint density at radius 3 is 1.31 bits per heavy atom. The SMILES string of the molecule is C=C(Br)CCCCCCCC(=C)Br. The van der Waals surface area contributed by atoms with Crippen molar-refractivity contribution in [2.75, 3.05) is 0 Å². The first-order chi connectivity index (χ1) is 6.13. The Hall–Kier alpha value is 0.440. The van der Waals surface area contributed by atoms with Gasteiger partial charge < -0.3 is 0 Å². The molecule has 0 unspecified atom stereocenters. The van der Waals surface area contributed by atoms with Crippen LogP contribution in [0.1, 0.15) is 44.9 Å². The normalized spacial score (nSPS) is 10.0. The summed E-state index contributed by atoms with van der Waals surface area (Å²) in [4.78, 5) is 0. The van der Waals surface area contributed by atoms with Crippen LogP contribution in [-0.2, 0) is 0 Å². The Balaban J connectivity index is 3.00. The molecule has 13 heavy (non-hydrogen) atoms. The van der Waals surface area contributed by atoms with E-state index in [1.165, 1.54) is 32.1 Å². The predicted octanol–water partition coefficient (Wildman–Crippen LogP) is 5.53. The van der Waals surface area contributed by atoms with E-state index in [0.717, 1.165) is 21.8 Å². The van der Waals surface area contributed by atoms with Crippen molar-refractivity contribution in [1.29, 1.82) is 0 Å². The third-order valence-corrected chi connectivity index (χ3v) is 2.69. The zero-order valence-corrected chi connectivity index (χ0v) is 11.3. The zero-order chi connectivity index (χ0) is 10.1. The molecule has 0 aromatic rings. The van der Waals surface area contributed by atoms with Crippen molar-refractivity contribution >= 4 is 31.9 Å². The molecule has 0 spiro atoms. The minimum Gasteiger partial charge on any atom is -0.0889 e. The highest BCUT2D eigenvalue weighted by atomic mass is 79.9. The Labute approximate surface area is 98.7 Å². The van der Waals surface area contributed by atoms with Gasteiger partial charge in [0.05, 0.1) is 0 Å². The van der Waals surface area contributed by atoms with Gasteiger partial charge in [-0.05, 0) is 34.6 Å². The van der Waals surface area contributed by atoms with Crippen molar-refractivity contribution in [2.24, 2.45) is 0 Å². The highest BCUT2D eigenvalue weighted by molar-refractivity contribution is 9.12. The smallest absolute Gasteiger partial charge is 0.0121 e. The molecule has 76 valence electrons. The summed E-state index contributed by atoms with van der Waals surface area (Å²) >= 11 is 6.73. The van der Waals surface area contributed by atoms with Crippen molar-refractivity contribution in [3.63, 3.8) is 0 Å². The van der Waals surface area contributed by atoms with Crippen molar-refractivity contribution in [2.45, 2.75) is 44.9 Å². The van der Waals surface area contributed by atoms with Gasteiger partial charge in [0, 0.05) is 0 Å². The van der Waals surface area contributed by atoms with E-state index < -0.39 is 0 Å². The van der Waals surface area contributed by atoms with E-state index in [2.05, 4.69) is 45.0 Å². The molecule has 0 heterocycles. The highest BCUT2D eigenvalue weighted by Gasteiger charge is 1.93. The van der Waals surface area contributed by atoms with Crippen LogP contribution in [0.25, 0.3) is 0 Å². The molecule has 0 aromatic carbocycles. The lowest BCUT2D eigenvalue weighted by Gasteiger charge is -2.00. The summed E-state index contributed by atoms with van der Waals surface area (Å²) < 4.78 is 2.25. The van der Waals surface area contributed by atoms with E-state index in [1.807, 2.05) is 0 Å². The van der Waals surface area contributed by atoms with E-state index >= 15 is 0 Å². The highest BCUT2D eigenvalue weighted by Crippen LogP contribution is 2.16. The summed E-state index contributed by atoms with van der Waals surface area (Å²) in [5.74, 6) is 0. The molecule has 0 N–H and O–H groups in total. The molecular formula is C11H18Br2. The predicted molar refractivity (Wildman–Crippen MR) is 68.5 cm³/mol. The van der Waals surface area contributed by atoms with Crippen molar-refractivity contribution in [3.8, 4) is 0 Å². The third-order valence-electron chi connectivity index (χ3n) is 1.90. The molecule has 0 amide bonds. The van der Waals surface area contributed by atoms with E-state index in [-0.39, 0.29) is 0 Å². The van der Waals surface area contributed by atoms with Crippen LogP contribution in [0.15, 0.2) is 22.1 Å². The molecule has 0 saturated carbocycles. The Kier molecular flexibility index (Phi) is 9.32. The maximum absolute atomic E-state index is 3.81. The fourth-order valence-electron chi connectivity index (χ4n) is 1.16. The molecule has 0 rings (SSSR count). The Bertz CT molecular complexity index is 143. The van der Waals surface area contributed by atoms with E-state index in [9.17, 15) is 0 Å². The topological polar surface area (TPSA) is 0 Å². The molecule has 0 aliphatic carbocycles. The number of allylic oxidation sites excluding steroid dienone is 2. The summed E-state index contributed by atoms with van der Waals surface area (Å²) in [6, 6.07) is 0. The van der Waals surface area contributed by atoms with Gasteiger partial charge in [0.15, 0.2) is 0 Å². The first-order valence-corrected chi connectivity index (χ1v) is 6.38. The maximum atomic E-state index is 3.81. The summed E-state index contributed by atoms with van der Waals surface area (Å²) in [6.45, 7) is 7.62. The molecule has 0 aromatic heterocycles. The Morgan fingerprint density at radius 1 is 0.692 bits per heavy atom. The quantitative estimate of drug-likeness (QED) is 0.517. The van der Waals surface area contributed by atoms with E-state index in [1.54, 1.807) is 0 Å². The van der Waals surface area contributed by atoms with Crippen LogP contribution >= 0.6 is 31.9 Å². The largest absolute Gasteiger partial charge is 0.0889 e. The molecule has 0 atom stereocenters. The van der Waals surface area contributed by atoms with Gasteiger partial charge in [0.2, 0.25) is 0 Å². The second-order valence-corrected chi connectivity index (χ2v) is 5.55. The monoisotopic (exact) mass is 308 g/mol. The third kappa shape index (κ3) is 12.4. The molecule has 0 fully saturated rings. The van der Waals surface area contributed by atoms with Crippen LogP contribution in [0.5, 0.6) is 0 Å². The number of hydrogen-bond acceptors (Lipinski definition) is 0. The lowest BCUT2D eigenvalue weighted by molar-refractivity contribution is 0.620. The fraction of sp³-hybridized carbons (Fsp3) is 0.636. The van der Waals surface area contributed by atoms with Gasteiger partial charge in [0.1, 0.15) is 0 Å². The summed E-state index contributed by atoms with van der Waals surface area (Å²) in [7, 11) is 0. The lowest BCUT2D eigenvalue weighted by atomic mass is 10.1. The van der Waals surface area contributed by atoms with Gasteiger partial charge >= 0.3 is 0 Å². The van der Waals surface area contributed by atoms with Gasteiger partial charge in [-0.25, -0.2) is 0 Å². The van der Waals surface area contributed by atoms with E-state index in [0.29, 0.717) is 0 Å². The van der Waals surface area contributed by atoms with Crippen LogP contribution in [-0.4, -0.2) is 0 Å². The lowest BCUT2D eigenvalue weighted by Crippen LogP contribution is -1.80. The average Bonchev–Trinajstić information content (AvgIpc) is 2.01.